The van der Waals surface area contributed by atoms with Crippen molar-refractivity contribution in [3.05, 3.63) is 63.1 Å². The van der Waals surface area contributed by atoms with Crippen LogP contribution in [-0.2, 0) is 4.79 Å². The standard InChI is InChI=1S/C16H9Cl3N2OS/c17-11-8-13(19)14(9-12(11)18)20-16(23)21-15(22)7-6-10-4-2-1-3-5-10/h1-5,8-9H,(H2,20,21,22,23). The molecule has 0 spiro atoms. The summed E-state index contributed by atoms with van der Waals surface area (Å²) in [6.07, 6.45) is 0. The van der Waals surface area contributed by atoms with Crippen molar-refractivity contribution >= 4 is 63.7 Å². The predicted molar refractivity (Wildman–Crippen MR) is 99.2 cm³/mol. The van der Waals surface area contributed by atoms with E-state index in [1.807, 2.05) is 18.2 Å². The number of anilines is 1. The topological polar surface area (TPSA) is 41.1 Å². The number of benzene rings is 2. The molecule has 0 unspecified atom stereocenters. The smallest absolute Gasteiger partial charge is 0.302 e. The molecule has 116 valence electrons. The monoisotopic (exact) mass is 382 g/mol. The Morgan fingerprint density at radius 2 is 1.65 bits per heavy atom. The van der Waals surface area contributed by atoms with Gasteiger partial charge in [-0.1, -0.05) is 58.9 Å². The van der Waals surface area contributed by atoms with Crippen molar-refractivity contribution < 1.29 is 4.79 Å². The second-order valence-corrected chi connectivity index (χ2v) is 5.90. The summed E-state index contributed by atoms with van der Waals surface area (Å²) in [7, 11) is 0. The third-order valence-electron chi connectivity index (χ3n) is 2.58. The van der Waals surface area contributed by atoms with Crippen molar-refractivity contribution in [2.45, 2.75) is 0 Å². The van der Waals surface area contributed by atoms with E-state index < -0.39 is 5.91 Å². The number of thiocarbonyl (C=S) groups is 1. The summed E-state index contributed by atoms with van der Waals surface area (Å²) >= 11 is 22.8. The van der Waals surface area contributed by atoms with Gasteiger partial charge in [0.1, 0.15) is 0 Å². The SMILES string of the molecule is O=C(C#Cc1ccccc1)NC(=S)Nc1cc(Cl)c(Cl)cc1Cl. The lowest BCUT2D eigenvalue weighted by Crippen LogP contribution is -2.33. The number of nitrogens with one attached hydrogen (secondary N) is 2. The van der Waals surface area contributed by atoms with Crippen LogP contribution in [0.25, 0.3) is 0 Å². The molecule has 1 amide bonds. The molecule has 0 aliphatic carbocycles. The van der Waals surface area contributed by atoms with E-state index in [-0.39, 0.29) is 5.11 Å². The van der Waals surface area contributed by atoms with Gasteiger partial charge in [0.15, 0.2) is 5.11 Å². The molecule has 3 nitrogen and oxygen atoms in total. The third-order valence-corrected chi connectivity index (χ3v) is 3.82. The molecule has 2 aromatic carbocycles. The zero-order valence-electron chi connectivity index (χ0n) is 11.5. The van der Waals surface area contributed by atoms with Crippen molar-refractivity contribution in [3.8, 4) is 11.8 Å². The second kappa shape index (κ2) is 8.19. The molecular weight excluding hydrogens is 375 g/mol. The van der Waals surface area contributed by atoms with E-state index >= 15 is 0 Å². The van der Waals surface area contributed by atoms with Crippen LogP contribution >= 0.6 is 47.0 Å². The first-order valence-electron chi connectivity index (χ1n) is 6.29. The number of halogens is 3. The Bertz CT molecular complexity index is 813. The van der Waals surface area contributed by atoms with Crippen LogP contribution in [0.3, 0.4) is 0 Å². The highest BCUT2D eigenvalue weighted by molar-refractivity contribution is 7.80. The van der Waals surface area contributed by atoms with Gasteiger partial charge in [0, 0.05) is 11.5 Å². The Labute approximate surface area is 153 Å². The summed E-state index contributed by atoms with van der Waals surface area (Å²) < 4.78 is 0. The van der Waals surface area contributed by atoms with E-state index in [1.165, 1.54) is 12.1 Å². The highest BCUT2D eigenvalue weighted by Gasteiger charge is 2.08. The van der Waals surface area contributed by atoms with E-state index in [1.54, 1.807) is 12.1 Å². The van der Waals surface area contributed by atoms with Gasteiger partial charge >= 0.3 is 5.91 Å². The third kappa shape index (κ3) is 5.42. The van der Waals surface area contributed by atoms with Crippen LogP contribution in [0.1, 0.15) is 5.56 Å². The normalized spacial score (nSPS) is 9.52. The van der Waals surface area contributed by atoms with Crippen molar-refractivity contribution in [1.82, 2.24) is 5.32 Å². The van der Waals surface area contributed by atoms with E-state index in [4.69, 9.17) is 47.0 Å². The molecule has 0 saturated carbocycles. The molecule has 0 aliphatic rings. The molecule has 2 N–H and O–H groups in total. The molecule has 2 rings (SSSR count). The van der Waals surface area contributed by atoms with E-state index in [0.717, 1.165) is 5.56 Å². The molecular formula is C16H9Cl3N2OS. The molecule has 0 saturated heterocycles. The highest BCUT2D eigenvalue weighted by Crippen LogP contribution is 2.32. The van der Waals surface area contributed by atoms with Gasteiger partial charge in [-0.15, -0.1) is 0 Å². The fourth-order valence-corrected chi connectivity index (χ4v) is 2.35. The number of hydrogen-bond acceptors (Lipinski definition) is 2. The second-order valence-electron chi connectivity index (χ2n) is 4.27. The van der Waals surface area contributed by atoms with Crippen LogP contribution in [0, 0.1) is 11.8 Å². The lowest BCUT2D eigenvalue weighted by atomic mass is 10.2. The fourth-order valence-electron chi connectivity index (χ4n) is 1.56. The van der Waals surface area contributed by atoms with Crippen LogP contribution in [-0.4, -0.2) is 11.0 Å². The highest BCUT2D eigenvalue weighted by atomic mass is 35.5. The molecule has 2 aromatic rings. The lowest BCUT2D eigenvalue weighted by molar-refractivity contribution is -0.114. The number of amides is 1. The van der Waals surface area contributed by atoms with Crippen molar-refractivity contribution in [1.29, 1.82) is 0 Å². The van der Waals surface area contributed by atoms with E-state index in [2.05, 4.69) is 22.5 Å². The molecule has 0 radical (unpaired) electrons. The van der Waals surface area contributed by atoms with Gasteiger partial charge < -0.3 is 5.32 Å². The Morgan fingerprint density at radius 3 is 2.35 bits per heavy atom. The van der Waals surface area contributed by atoms with Gasteiger partial charge in [-0.3, -0.25) is 10.1 Å². The summed E-state index contributed by atoms with van der Waals surface area (Å²) in [6.45, 7) is 0. The lowest BCUT2D eigenvalue weighted by Gasteiger charge is -2.10. The first-order valence-corrected chi connectivity index (χ1v) is 7.83. The quantitative estimate of drug-likeness (QED) is 0.432. The maximum Gasteiger partial charge on any atom is 0.302 e. The van der Waals surface area contributed by atoms with Crippen molar-refractivity contribution in [2.75, 3.05) is 5.32 Å². The number of carbonyl (C=O) groups is 1. The van der Waals surface area contributed by atoms with Gasteiger partial charge in [0.05, 0.1) is 20.8 Å². The first kappa shape index (κ1) is 17.6. The van der Waals surface area contributed by atoms with Crippen LogP contribution in [0.15, 0.2) is 42.5 Å². The molecule has 7 heteroatoms. The van der Waals surface area contributed by atoms with E-state index in [0.29, 0.717) is 20.8 Å². The Hall–Kier alpha value is -1.77. The maximum atomic E-state index is 11.7. The van der Waals surface area contributed by atoms with Gasteiger partial charge in [0.25, 0.3) is 0 Å². The predicted octanol–water partition coefficient (Wildman–Crippen LogP) is 4.51. The van der Waals surface area contributed by atoms with Crippen LogP contribution in [0.2, 0.25) is 15.1 Å². The zero-order chi connectivity index (χ0) is 16.8. The van der Waals surface area contributed by atoms with Crippen LogP contribution in [0.4, 0.5) is 5.69 Å². The number of carbonyl (C=O) groups excluding carboxylic acids is 1. The molecule has 0 aromatic heterocycles. The fraction of sp³-hybridized carbons (Fsp3) is 0. The molecule has 0 fully saturated rings. The van der Waals surface area contributed by atoms with Crippen molar-refractivity contribution in [2.24, 2.45) is 0 Å². The summed E-state index contributed by atoms with van der Waals surface area (Å²) in [4.78, 5) is 11.7. The molecule has 0 aliphatic heterocycles. The van der Waals surface area contributed by atoms with Gasteiger partial charge in [0.2, 0.25) is 0 Å². The van der Waals surface area contributed by atoms with Gasteiger partial charge in [-0.25, -0.2) is 0 Å². The molecule has 23 heavy (non-hydrogen) atoms. The summed E-state index contributed by atoms with van der Waals surface area (Å²) in [5.74, 6) is 4.63. The summed E-state index contributed by atoms with van der Waals surface area (Å²) in [5.41, 5.74) is 1.16. The van der Waals surface area contributed by atoms with Crippen LogP contribution in [0.5, 0.6) is 0 Å². The maximum absolute atomic E-state index is 11.7. The molecule has 0 heterocycles. The minimum Gasteiger partial charge on any atom is -0.331 e. The number of hydrogen-bond donors (Lipinski definition) is 2. The zero-order valence-corrected chi connectivity index (χ0v) is 14.6. The van der Waals surface area contributed by atoms with Crippen LogP contribution < -0.4 is 10.6 Å². The summed E-state index contributed by atoms with van der Waals surface area (Å²) in [5, 5.41) is 6.22. The Kier molecular flexibility index (Phi) is 6.26. The van der Waals surface area contributed by atoms with E-state index in [9.17, 15) is 4.79 Å². The Morgan fingerprint density at radius 1 is 1.00 bits per heavy atom. The Balaban J connectivity index is 1.99. The van der Waals surface area contributed by atoms with Gasteiger partial charge in [-0.2, -0.15) is 0 Å². The minimum atomic E-state index is -0.539. The minimum absolute atomic E-state index is 0.0534. The largest absolute Gasteiger partial charge is 0.331 e. The molecule has 0 atom stereocenters. The molecule has 0 bridgehead atoms. The van der Waals surface area contributed by atoms with Gasteiger partial charge in [-0.05, 0) is 36.5 Å². The summed E-state index contributed by atoms with van der Waals surface area (Å²) in [6, 6.07) is 12.1. The average Bonchev–Trinajstić information content (AvgIpc) is 2.51. The first-order chi connectivity index (χ1) is 11.0. The average molecular weight is 384 g/mol. The van der Waals surface area contributed by atoms with Crippen molar-refractivity contribution in [3.63, 3.8) is 0 Å². The number of rotatable bonds is 1.